The van der Waals surface area contributed by atoms with Gasteiger partial charge in [-0.25, -0.2) is 0 Å². The molecule has 106 valence electrons. The Kier molecular flexibility index (Phi) is 3.45. The van der Waals surface area contributed by atoms with Gasteiger partial charge in [0.1, 0.15) is 0 Å². The third kappa shape index (κ3) is 2.92. The minimum absolute atomic E-state index is 0.0488. The van der Waals surface area contributed by atoms with Crippen LogP contribution >= 0.6 is 0 Å². The van der Waals surface area contributed by atoms with Gasteiger partial charge < -0.3 is 0 Å². The second-order valence-corrected chi connectivity index (χ2v) is 3.99. The molecular weight excluding hydrogens is 284 g/mol. The van der Waals surface area contributed by atoms with E-state index in [4.69, 9.17) is 0 Å². The molecule has 0 amide bonds. The summed E-state index contributed by atoms with van der Waals surface area (Å²) in [4.78, 5) is 3.39. The lowest BCUT2D eigenvalue weighted by molar-refractivity contribution is -0.138. The fraction of sp³-hybridized carbons (Fsp3) is 0.154. The van der Waals surface area contributed by atoms with Crippen molar-refractivity contribution in [2.24, 2.45) is 0 Å². The van der Waals surface area contributed by atoms with E-state index >= 15 is 0 Å². The predicted octanol–water partition coefficient (Wildman–Crippen LogP) is 4.79. The zero-order valence-electron chi connectivity index (χ0n) is 9.76. The van der Waals surface area contributed by atoms with Crippen molar-refractivity contribution < 1.29 is 26.3 Å². The SMILES string of the molecule is FC(F)(F)c1ccc(-c2ccncc2C(F)(F)F)cc1. The first-order valence-electron chi connectivity index (χ1n) is 5.38. The molecule has 1 heterocycles. The number of pyridine rings is 1. The highest BCUT2D eigenvalue weighted by atomic mass is 19.4. The minimum atomic E-state index is -4.62. The Hall–Kier alpha value is -2.05. The van der Waals surface area contributed by atoms with Crippen LogP contribution in [0.3, 0.4) is 0 Å². The van der Waals surface area contributed by atoms with Gasteiger partial charge in [-0.1, -0.05) is 12.1 Å². The first kappa shape index (κ1) is 14.4. The Labute approximate surface area is 109 Å². The van der Waals surface area contributed by atoms with Gasteiger partial charge in [-0.05, 0) is 29.3 Å². The number of alkyl halides is 6. The minimum Gasteiger partial charge on any atom is -0.264 e. The van der Waals surface area contributed by atoms with Crippen LogP contribution in [0.5, 0.6) is 0 Å². The summed E-state index contributed by atoms with van der Waals surface area (Å²) in [6.45, 7) is 0. The largest absolute Gasteiger partial charge is 0.418 e. The molecule has 0 fully saturated rings. The van der Waals surface area contributed by atoms with Crippen LogP contribution in [0, 0.1) is 0 Å². The van der Waals surface area contributed by atoms with Crippen LogP contribution in [0.2, 0.25) is 0 Å². The molecule has 0 bridgehead atoms. The van der Waals surface area contributed by atoms with E-state index in [1.165, 1.54) is 0 Å². The van der Waals surface area contributed by atoms with Crippen molar-refractivity contribution in [3.8, 4) is 11.1 Å². The lowest BCUT2D eigenvalue weighted by Gasteiger charge is -2.13. The maximum atomic E-state index is 12.8. The number of benzene rings is 1. The molecule has 0 aliphatic heterocycles. The molecule has 0 saturated heterocycles. The van der Waals surface area contributed by atoms with Gasteiger partial charge in [-0.15, -0.1) is 0 Å². The van der Waals surface area contributed by atoms with Crippen molar-refractivity contribution in [1.29, 1.82) is 0 Å². The second-order valence-electron chi connectivity index (χ2n) is 3.99. The Bertz CT molecular complexity index is 597. The Morgan fingerprint density at radius 2 is 1.35 bits per heavy atom. The maximum Gasteiger partial charge on any atom is 0.418 e. The number of rotatable bonds is 1. The third-order valence-electron chi connectivity index (χ3n) is 2.65. The van der Waals surface area contributed by atoms with Gasteiger partial charge in [0.25, 0.3) is 0 Å². The molecule has 0 spiro atoms. The monoisotopic (exact) mass is 291 g/mol. The van der Waals surface area contributed by atoms with Crippen LogP contribution in [0.4, 0.5) is 26.3 Å². The van der Waals surface area contributed by atoms with E-state index in [9.17, 15) is 26.3 Å². The van der Waals surface area contributed by atoms with E-state index in [0.29, 0.717) is 6.20 Å². The van der Waals surface area contributed by atoms with Gasteiger partial charge in [0, 0.05) is 12.4 Å². The highest BCUT2D eigenvalue weighted by Gasteiger charge is 2.34. The lowest BCUT2D eigenvalue weighted by Crippen LogP contribution is -2.08. The van der Waals surface area contributed by atoms with E-state index in [-0.39, 0.29) is 11.1 Å². The van der Waals surface area contributed by atoms with Crippen molar-refractivity contribution in [2.45, 2.75) is 12.4 Å². The van der Waals surface area contributed by atoms with Gasteiger partial charge in [0.05, 0.1) is 11.1 Å². The fourth-order valence-corrected chi connectivity index (χ4v) is 1.71. The zero-order chi connectivity index (χ0) is 15.0. The van der Waals surface area contributed by atoms with Gasteiger partial charge in [-0.2, -0.15) is 26.3 Å². The van der Waals surface area contributed by atoms with E-state index in [2.05, 4.69) is 4.98 Å². The highest BCUT2D eigenvalue weighted by Crippen LogP contribution is 2.37. The molecule has 0 aliphatic rings. The molecule has 0 unspecified atom stereocenters. The van der Waals surface area contributed by atoms with Crippen molar-refractivity contribution in [3.63, 3.8) is 0 Å². The Balaban J connectivity index is 2.48. The van der Waals surface area contributed by atoms with Crippen LogP contribution in [-0.2, 0) is 12.4 Å². The molecule has 0 atom stereocenters. The lowest BCUT2D eigenvalue weighted by atomic mass is 10.00. The number of hydrogen-bond acceptors (Lipinski definition) is 1. The fourth-order valence-electron chi connectivity index (χ4n) is 1.71. The number of halogens is 6. The topological polar surface area (TPSA) is 12.9 Å². The molecule has 20 heavy (non-hydrogen) atoms. The van der Waals surface area contributed by atoms with Crippen LogP contribution in [-0.4, -0.2) is 4.98 Å². The highest BCUT2D eigenvalue weighted by molar-refractivity contribution is 5.67. The normalized spacial score (nSPS) is 12.5. The number of hydrogen-bond donors (Lipinski definition) is 0. The molecule has 1 aromatic carbocycles. The maximum absolute atomic E-state index is 12.8. The quantitative estimate of drug-likeness (QED) is 0.689. The van der Waals surface area contributed by atoms with Crippen molar-refractivity contribution in [1.82, 2.24) is 4.98 Å². The average Bonchev–Trinajstić information content (AvgIpc) is 2.37. The molecule has 0 radical (unpaired) electrons. The summed E-state index contributed by atoms with van der Waals surface area (Å²) in [5, 5.41) is 0. The second kappa shape index (κ2) is 4.81. The number of nitrogens with zero attached hydrogens (tertiary/aromatic N) is 1. The summed E-state index contributed by atoms with van der Waals surface area (Å²) in [5.41, 5.74) is -2.06. The average molecular weight is 291 g/mol. The molecule has 2 rings (SSSR count). The first-order valence-corrected chi connectivity index (χ1v) is 5.38. The van der Waals surface area contributed by atoms with Crippen LogP contribution in [0.15, 0.2) is 42.7 Å². The summed E-state index contributed by atoms with van der Waals surface area (Å²) < 4.78 is 75.5. The molecule has 0 saturated carbocycles. The molecule has 0 aliphatic carbocycles. The van der Waals surface area contributed by atoms with Gasteiger partial charge in [0.2, 0.25) is 0 Å². The molecule has 2 aromatic rings. The summed E-state index contributed by atoms with van der Waals surface area (Å²) in [7, 11) is 0. The van der Waals surface area contributed by atoms with E-state index < -0.39 is 23.5 Å². The van der Waals surface area contributed by atoms with Gasteiger partial charge in [0.15, 0.2) is 0 Å². The van der Waals surface area contributed by atoms with Crippen molar-refractivity contribution in [2.75, 3.05) is 0 Å². The Morgan fingerprint density at radius 3 is 1.85 bits per heavy atom. The van der Waals surface area contributed by atoms with Crippen molar-refractivity contribution >= 4 is 0 Å². The van der Waals surface area contributed by atoms with E-state index in [0.717, 1.165) is 36.5 Å². The summed E-state index contributed by atoms with van der Waals surface area (Å²) >= 11 is 0. The Morgan fingerprint density at radius 1 is 0.750 bits per heavy atom. The van der Waals surface area contributed by atoms with E-state index in [1.807, 2.05) is 0 Å². The first-order chi connectivity index (χ1) is 9.19. The number of aromatic nitrogens is 1. The summed E-state index contributed by atoms with van der Waals surface area (Å²) in [6, 6.07) is 4.62. The molecule has 0 N–H and O–H groups in total. The van der Waals surface area contributed by atoms with E-state index in [1.54, 1.807) is 0 Å². The third-order valence-corrected chi connectivity index (χ3v) is 2.65. The van der Waals surface area contributed by atoms with Crippen LogP contribution in [0.25, 0.3) is 11.1 Å². The van der Waals surface area contributed by atoms with Crippen molar-refractivity contribution in [3.05, 3.63) is 53.9 Å². The standard InChI is InChI=1S/C13H7F6N/c14-12(15,16)9-3-1-8(2-4-9)10-5-6-20-7-11(10)13(17,18)19/h1-7H. The van der Waals surface area contributed by atoms with Crippen LogP contribution in [0.1, 0.15) is 11.1 Å². The molecule has 1 nitrogen and oxygen atoms in total. The zero-order valence-corrected chi connectivity index (χ0v) is 9.76. The molecule has 1 aromatic heterocycles. The smallest absolute Gasteiger partial charge is 0.264 e. The molecular formula is C13H7F6N. The molecule has 7 heteroatoms. The van der Waals surface area contributed by atoms with Crippen LogP contribution < -0.4 is 0 Å². The van der Waals surface area contributed by atoms with Gasteiger partial charge in [-0.3, -0.25) is 4.98 Å². The summed E-state index contributed by atoms with van der Waals surface area (Å²) in [5.74, 6) is 0. The van der Waals surface area contributed by atoms with Gasteiger partial charge >= 0.3 is 12.4 Å². The summed E-state index contributed by atoms with van der Waals surface area (Å²) in [6.07, 6.45) is -7.34. The predicted molar refractivity (Wildman–Crippen MR) is 59.7 cm³/mol.